The summed E-state index contributed by atoms with van der Waals surface area (Å²) in [7, 11) is 1.63. The standard InChI is InChI=1S/C24H28N4O4S2/c1-5-12-28-20(13-16-8-10-17(31-4)11-9-16)26-27-24(28)33-15-21(29)25-22-19(23(30)32-7-3)14-18(6-2)34-22/h5,8-11,14H,1,6-7,12-13,15H2,2-4H3,(H,25,29). The number of hydrogen-bond donors (Lipinski definition) is 1. The molecule has 0 saturated heterocycles. The Morgan fingerprint density at radius 2 is 2.00 bits per heavy atom. The molecule has 0 spiro atoms. The highest BCUT2D eigenvalue weighted by Crippen LogP contribution is 2.30. The Balaban J connectivity index is 1.68. The molecule has 10 heteroatoms. The van der Waals surface area contributed by atoms with Crippen molar-refractivity contribution in [1.82, 2.24) is 14.8 Å². The van der Waals surface area contributed by atoms with Crippen LogP contribution in [0.5, 0.6) is 5.75 Å². The molecule has 0 aliphatic carbocycles. The van der Waals surface area contributed by atoms with Crippen molar-refractivity contribution in [3.8, 4) is 5.75 Å². The maximum Gasteiger partial charge on any atom is 0.341 e. The maximum absolute atomic E-state index is 12.7. The molecule has 2 aromatic heterocycles. The number of thiophene rings is 1. The van der Waals surface area contributed by atoms with Crippen molar-refractivity contribution in [2.75, 3.05) is 24.8 Å². The second-order valence-electron chi connectivity index (χ2n) is 7.19. The number of anilines is 1. The van der Waals surface area contributed by atoms with Crippen LogP contribution in [0.25, 0.3) is 0 Å². The number of amides is 1. The van der Waals surface area contributed by atoms with E-state index in [1.54, 1.807) is 26.2 Å². The Bertz CT molecular complexity index is 1140. The quantitative estimate of drug-likeness (QED) is 0.221. The smallest absolute Gasteiger partial charge is 0.341 e. The summed E-state index contributed by atoms with van der Waals surface area (Å²) in [5, 5.41) is 12.6. The van der Waals surface area contributed by atoms with E-state index in [0.717, 1.165) is 28.4 Å². The normalized spacial score (nSPS) is 10.7. The van der Waals surface area contributed by atoms with Gasteiger partial charge in [-0.3, -0.25) is 4.79 Å². The number of aromatic nitrogens is 3. The summed E-state index contributed by atoms with van der Waals surface area (Å²) in [6, 6.07) is 9.56. The zero-order chi connectivity index (χ0) is 24.5. The largest absolute Gasteiger partial charge is 0.497 e. The summed E-state index contributed by atoms with van der Waals surface area (Å²) in [4.78, 5) is 25.9. The van der Waals surface area contributed by atoms with Crippen molar-refractivity contribution < 1.29 is 19.1 Å². The molecule has 1 amide bonds. The van der Waals surface area contributed by atoms with Crippen LogP contribution in [0.1, 0.15) is 40.5 Å². The SMILES string of the molecule is C=CCn1c(Cc2ccc(OC)cc2)nnc1SCC(=O)Nc1sc(CC)cc1C(=O)OCC. The van der Waals surface area contributed by atoms with Gasteiger partial charge in [0.15, 0.2) is 5.16 Å². The van der Waals surface area contributed by atoms with Crippen molar-refractivity contribution in [2.45, 2.75) is 38.4 Å². The monoisotopic (exact) mass is 500 g/mol. The highest BCUT2D eigenvalue weighted by molar-refractivity contribution is 7.99. The predicted molar refractivity (Wildman–Crippen MR) is 135 cm³/mol. The minimum atomic E-state index is -0.435. The fourth-order valence-electron chi connectivity index (χ4n) is 3.16. The van der Waals surface area contributed by atoms with Gasteiger partial charge in [0.1, 0.15) is 16.6 Å². The van der Waals surface area contributed by atoms with Crippen LogP contribution in [0.15, 0.2) is 48.1 Å². The van der Waals surface area contributed by atoms with Gasteiger partial charge in [-0.2, -0.15) is 0 Å². The first-order valence-corrected chi connectivity index (χ1v) is 12.7. The molecule has 0 bridgehead atoms. The Hall–Kier alpha value is -3.11. The fraction of sp³-hybridized carbons (Fsp3) is 0.333. The van der Waals surface area contributed by atoms with E-state index in [0.29, 0.717) is 28.7 Å². The van der Waals surface area contributed by atoms with E-state index in [9.17, 15) is 9.59 Å². The molecule has 0 aliphatic rings. The van der Waals surface area contributed by atoms with E-state index in [1.807, 2.05) is 35.8 Å². The third-order valence-corrected chi connectivity index (χ3v) is 7.00. The summed E-state index contributed by atoms with van der Waals surface area (Å²) in [6.07, 6.45) is 3.13. The van der Waals surface area contributed by atoms with Gasteiger partial charge in [0.25, 0.3) is 0 Å². The van der Waals surface area contributed by atoms with Crippen molar-refractivity contribution in [3.05, 3.63) is 64.8 Å². The van der Waals surface area contributed by atoms with E-state index >= 15 is 0 Å². The lowest BCUT2D eigenvalue weighted by Crippen LogP contribution is -2.16. The first-order chi connectivity index (χ1) is 16.5. The number of hydrogen-bond acceptors (Lipinski definition) is 8. The highest BCUT2D eigenvalue weighted by atomic mass is 32.2. The molecule has 34 heavy (non-hydrogen) atoms. The van der Waals surface area contributed by atoms with Crippen molar-refractivity contribution in [3.63, 3.8) is 0 Å². The topological polar surface area (TPSA) is 95.3 Å². The van der Waals surface area contributed by atoms with Gasteiger partial charge >= 0.3 is 5.97 Å². The first kappa shape index (κ1) is 25.5. The minimum Gasteiger partial charge on any atom is -0.497 e. The molecule has 0 radical (unpaired) electrons. The molecular weight excluding hydrogens is 472 g/mol. The van der Waals surface area contributed by atoms with E-state index < -0.39 is 5.97 Å². The van der Waals surface area contributed by atoms with Gasteiger partial charge in [0.05, 0.1) is 25.0 Å². The van der Waals surface area contributed by atoms with E-state index in [2.05, 4.69) is 22.1 Å². The Labute approximate surface area is 207 Å². The molecule has 0 fully saturated rings. The lowest BCUT2D eigenvalue weighted by atomic mass is 10.1. The summed E-state index contributed by atoms with van der Waals surface area (Å²) in [5.74, 6) is 1.03. The van der Waals surface area contributed by atoms with Crippen LogP contribution in [0, 0.1) is 0 Å². The number of thioether (sulfide) groups is 1. The molecule has 0 atom stereocenters. The molecule has 3 aromatic rings. The molecule has 1 aromatic carbocycles. The van der Waals surface area contributed by atoms with E-state index in [1.165, 1.54) is 23.1 Å². The van der Waals surface area contributed by atoms with Gasteiger partial charge in [-0.05, 0) is 37.1 Å². The Morgan fingerprint density at radius 1 is 1.24 bits per heavy atom. The molecule has 8 nitrogen and oxygen atoms in total. The second-order valence-corrected chi connectivity index (χ2v) is 9.27. The zero-order valence-corrected chi connectivity index (χ0v) is 21.1. The molecule has 0 aliphatic heterocycles. The number of nitrogens with one attached hydrogen (secondary N) is 1. The third-order valence-electron chi connectivity index (χ3n) is 4.84. The van der Waals surface area contributed by atoms with E-state index in [-0.39, 0.29) is 18.3 Å². The molecule has 3 rings (SSSR count). The van der Waals surface area contributed by atoms with Crippen molar-refractivity contribution in [1.29, 1.82) is 0 Å². The summed E-state index contributed by atoms with van der Waals surface area (Å²) < 4.78 is 12.3. The van der Waals surface area contributed by atoms with Gasteiger partial charge in [-0.1, -0.05) is 36.9 Å². The van der Waals surface area contributed by atoms with Crippen LogP contribution >= 0.6 is 23.1 Å². The summed E-state index contributed by atoms with van der Waals surface area (Å²) in [5.41, 5.74) is 1.46. The van der Waals surface area contributed by atoms with Gasteiger partial charge in [-0.15, -0.1) is 28.1 Å². The van der Waals surface area contributed by atoms with E-state index in [4.69, 9.17) is 9.47 Å². The number of nitrogens with zero attached hydrogens (tertiary/aromatic N) is 3. The number of carbonyl (C=O) groups is 2. The number of allylic oxidation sites excluding steroid dienone is 1. The number of rotatable bonds is 12. The van der Waals surface area contributed by atoms with Crippen LogP contribution in [-0.4, -0.2) is 46.1 Å². The summed E-state index contributed by atoms with van der Waals surface area (Å²) in [6.45, 7) is 8.38. The van der Waals surface area contributed by atoms with Gasteiger partial charge in [-0.25, -0.2) is 4.79 Å². The minimum absolute atomic E-state index is 0.124. The molecule has 1 N–H and O–H groups in total. The summed E-state index contributed by atoms with van der Waals surface area (Å²) >= 11 is 2.67. The molecule has 180 valence electrons. The van der Waals surface area contributed by atoms with Crippen LogP contribution in [-0.2, 0) is 28.9 Å². The average molecular weight is 501 g/mol. The number of aryl methyl sites for hydroxylation is 1. The average Bonchev–Trinajstić information content (AvgIpc) is 3.42. The number of ether oxygens (including phenoxy) is 2. The van der Waals surface area contributed by atoms with Crippen LogP contribution in [0.2, 0.25) is 0 Å². The molecular formula is C24H28N4O4S2. The first-order valence-electron chi connectivity index (χ1n) is 10.9. The highest BCUT2D eigenvalue weighted by Gasteiger charge is 2.20. The maximum atomic E-state index is 12.7. The number of esters is 1. The van der Waals surface area contributed by atoms with Crippen LogP contribution < -0.4 is 10.1 Å². The predicted octanol–water partition coefficient (Wildman–Crippen LogP) is 4.59. The number of methoxy groups -OCH3 is 1. The van der Waals surface area contributed by atoms with Crippen LogP contribution in [0.4, 0.5) is 5.00 Å². The fourth-order valence-corrected chi connectivity index (χ4v) is 4.92. The van der Waals surface area contributed by atoms with Gasteiger partial charge < -0.3 is 19.4 Å². The zero-order valence-electron chi connectivity index (χ0n) is 19.5. The molecule has 2 heterocycles. The lowest BCUT2D eigenvalue weighted by Gasteiger charge is -2.09. The third kappa shape index (κ3) is 6.48. The number of carbonyl (C=O) groups excluding carboxylic acids is 2. The number of benzene rings is 1. The van der Waals surface area contributed by atoms with Crippen LogP contribution in [0.3, 0.4) is 0 Å². The van der Waals surface area contributed by atoms with Crippen molar-refractivity contribution >= 4 is 40.0 Å². The lowest BCUT2D eigenvalue weighted by molar-refractivity contribution is -0.113. The Morgan fingerprint density at radius 3 is 2.65 bits per heavy atom. The molecule has 0 unspecified atom stereocenters. The van der Waals surface area contributed by atoms with Crippen molar-refractivity contribution in [2.24, 2.45) is 0 Å². The Kier molecular flexibility index (Phi) is 9.29. The second kappa shape index (κ2) is 12.4. The van der Waals surface area contributed by atoms with Gasteiger partial charge in [0.2, 0.25) is 5.91 Å². The van der Waals surface area contributed by atoms with Gasteiger partial charge in [0, 0.05) is 17.8 Å². The molecule has 0 saturated carbocycles.